The van der Waals surface area contributed by atoms with E-state index in [0.717, 1.165) is 0 Å². The first-order chi connectivity index (χ1) is 14.8. The predicted molar refractivity (Wildman–Crippen MR) is 112 cm³/mol. The van der Waals surface area contributed by atoms with Crippen LogP contribution in [0.3, 0.4) is 0 Å². The van der Waals surface area contributed by atoms with E-state index in [2.05, 4.69) is 19.4 Å². The number of hydrogen-bond acceptors (Lipinski definition) is 5. The summed E-state index contributed by atoms with van der Waals surface area (Å²) in [4.78, 5) is 7.02. The van der Waals surface area contributed by atoms with Crippen LogP contribution in [-0.2, 0) is 16.4 Å². The van der Waals surface area contributed by atoms with Crippen LogP contribution in [0.2, 0.25) is 5.02 Å². The second-order valence-corrected chi connectivity index (χ2v) is 9.12. The summed E-state index contributed by atoms with van der Waals surface area (Å²) in [6.45, 7) is 4.72. The standard InChI is InChI=1S/C20H18ClF3N4O3S/c1-10-16(9-25)19(28-12(3)18(10)21)32(29,30)26-7-6-14-11(2)27-17-5-4-13(8-15(14)17)31-20(22,23)24/h4-5,8,26-27H,6-7H2,1-3H3. The van der Waals surface area contributed by atoms with Gasteiger partial charge >= 0.3 is 6.36 Å². The second kappa shape index (κ2) is 8.61. The number of alkyl halides is 3. The maximum atomic E-state index is 12.8. The predicted octanol–water partition coefficient (Wildman–Crippen LogP) is 4.43. The van der Waals surface area contributed by atoms with Crippen molar-refractivity contribution in [1.29, 1.82) is 5.26 Å². The van der Waals surface area contributed by atoms with Crippen molar-refractivity contribution in [2.24, 2.45) is 0 Å². The van der Waals surface area contributed by atoms with Crippen LogP contribution in [0.15, 0.2) is 23.2 Å². The van der Waals surface area contributed by atoms with Gasteiger partial charge in [-0.25, -0.2) is 18.1 Å². The molecule has 32 heavy (non-hydrogen) atoms. The highest BCUT2D eigenvalue weighted by atomic mass is 35.5. The van der Waals surface area contributed by atoms with Crippen molar-refractivity contribution in [1.82, 2.24) is 14.7 Å². The molecule has 0 atom stereocenters. The minimum atomic E-state index is -4.82. The Labute approximate surface area is 187 Å². The maximum Gasteiger partial charge on any atom is 0.573 e. The highest BCUT2D eigenvalue weighted by Gasteiger charge is 2.31. The van der Waals surface area contributed by atoms with E-state index in [1.165, 1.54) is 32.0 Å². The van der Waals surface area contributed by atoms with E-state index in [9.17, 15) is 26.9 Å². The first-order valence-corrected chi connectivity index (χ1v) is 11.1. The SMILES string of the molecule is Cc1nc(S(=O)(=O)NCCc2c(C)[nH]c3ccc(OC(F)(F)F)cc23)c(C#N)c(C)c1Cl. The smallest absolute Gasteiger partial charge is 0.406 e. The lowest BCUT2D eigenvalue weighted by Crippen LogP contribution is -2.28. The molecule has 7 nitrogen and oxygen atoms in total. The average molecular weight is 487 g/mol. The summed E-state index contributed by atoms with van der Waals surface area (Å²) in [5, 5.41) is 9.66. The van der Waals surface area contributed by atoms with Crippen LogP contribution in [0.4, 0.5) is 13.2 Å². The molecule has 0 aliphatic rings. The number of benzene rings is 1. The summed E-state index contributed by atoms with van der Waals surface area (Å²) in [5.74, 6) is -0.374. The van der Waals surface area contributed by atoms with Gasteiger partial charge < -0.3 is 9.72 Å². The summed E-state index contributed by atoms with van der Waals surface area (Å²) in [7, 11) is -4.14. The van der Waals surface area contributed by atoms with Crippen molar-refractivity contribution < 1.29 is 26.3 Å². The Balaban J connectivity index is 1.86. The largest absolute Gasteiger partial charge is 0.573 e. The van der Waals surface area contributed by atoms with Crippen molar-refractivity contribution >= 4 is 32.5 Å². The summed E-state index contributed by atoms with van der Waals surface area (Å²) in [6.07, 6.45) is -4.65. The van der Waals surface area contributed by atoms with E-state index in [1.54, 1.807) is 6.92 Å². The number of halogens is 4. The highest BCUT2D eigenvalue weighted by Crippen LogP contribution is 2.30. The van der Waals surface area contributed by atoms with Crippen LogP contribution in [-0.4, -0.2) is 31.3 Å². The molecule has 0 aliphatic heterocycles. The van der Waals surface area contributed by atoms with Gasteiger partial charge in [0.15, 0.2) is 5.03 Å². The van der Waals surface area contributed by atoms with Gasteiger partial charge in [0.05, 0.1) is 16.3 Å². The topological polar surface area (TPSA) is 108 Å². The highest BCUT2D eigenvalue weighted by molar-refractivity contribution is 7.89. The van der Waals surface area contributed by atoms with E-state index in [1.807, 2.05) is 6.07 Å². The van der Waals surface area contributed by atoms with E-state index in [-0.39, 0.29) is 35.0 Å². The first-order valence-electron chi connectivity index (χ1n) is 9.27. The molecule has 0 bridgehead atoms. The van der Waals surface area contributed by atoms with Gasteiger partial charge in [0.2, 0.25) is 0 Å². The molecule has 2 aromatic heterocycles. The first kappa shape index (κ1) is 23.8. The molecule has 0 fully saturated rings. The zero-order valence-corrected chi connectivity index (χ0v) is 18.8. The molecule has 12 heteroatoms. The number of nitrogens with zero attached hydrogens (tertiary/aromatic N) is 2. The summed E-state index contributed by atoms with van der Waals surface area (Å²) >= 11 is 6.07. The number of hydrogen-bond donors (Lipinski definition) is 2. The fraction of sp³-hybridized carbons (Fsp3) is 0.300. The maximum absolute atomic E-state index is 12.8. The molecule has 0 amide bonds. The van der Waals surface area contributed by atoms with Gasteiger partial charge in [0.1, 0.15) is 11.8 Å². The van der Waals surface area contributed by atoms with Gasteiger partial charge in [-0.05, 0) is 56.5 Å². The van der Waals surface area contributed by atoms with E-state index >= 15 is 0 Å². The van der Waals surface area contributed by atoms with Gasteiger partial charge in [-0.2, -0.15) is 5.26 Å². The Morgan fingerprint density at radius 1 is 1.28 bits per heavy atom. The fourth-order valence-corrected chi connectivity index (χ4v) is 4.75. The number of H-pyrrole nitrogens is 1. The normalized spacial score (nSPS) is 12.2. The molecule has 3 aromatic rings. The zero-order chi connectivity index (χ0) is 23.8. The molecule has 2 heterocycles. The lowest BCUT2D eigenvalue weighted by Gasteiger charge is -2.12. The minimum Gasteiger partial charge on any atom is -0.406 e. The molecular weight excluding hydrogens is 469 g/mol. The van der Waals surface area contributed by atoms with Gasteiger partial charge in [0.25, 0.3) is 10.0 Å². The number of aryl methyl sites for hydroxylation is 2. The molecule has 0 unspecified atom stereocenters. The van der Waals surface area contributed by atoms with Crippen molar-refractivity contribution in [3.05, 3.63) is 51.3 Å². The Kier molecular flexibility index (Phi) is 6.42. The molecule has 0 spiro atoms. The summed E-state index contributed by atoms with van der Waals surface area (Å²) in [6, 6.07) is 5.72. The molecule has 1 aromatic carbocycles. The van der Waals surface area contributed by atoms with Crippen LogP contribution < -0.4 is 9.46 Å². The quantitative estimate of drug-likeness (QED) is 0.535. The van der Waals surface area contributed by atoms with Crippen molar-refractivity contribution in [2.75, 3.05) is 6.54 Å². The lowest BCUT2D eigenvalue weighted by atomic mass is 10.1. The molecule has 0 saturated carbocycles. The van der Waals surface area contributed by atoms with Crippen LogP contribution in [0.5, 0.6) is 5.75 Å². The van der Waals surface area contributed by atoms with Gasteiger partial charge in [-0.1, -0.05) is 11.6 Å². The molecule has 0 saturated heterocycles. The second-order valence-electron chi connectivity index (χ2n) is 7.06. The van der Waals surface area contributed by atoms with E-state index in [0.29, 0.717) is 27.7 Å². The van der Waals surface area contributed by atoms with Crippen LogP contribution >= 0.6 is 11.6 Å². The third-order valence-corrected chi connectivity index (χ3v) is 6.81. The fourth-order valence-electron chi connectivity index (χ4n) is 3.38. The third kappa shape index (κ3) is 4.82. The lowest BCUT2D eigenvalue weighted by molar-refractivity contribution is -0.274. The number of nitrogens with one attached hydrogen (secondary N) is 2. The summed E-state index contributed by atoms with van der Waals surface area (Å²) in [5.41, 5.74) is 2.34. The number of nitriles is 1. The number of sulfonamides is 1. The number of pyridine rings is 1. The zero-order valence-electron chi connectivity index (χ0n) is 17.2. The number of ether oxygens (including phenoxy) is 1. The van der Waals surface area contributed by atoms with Crippen LogP contribution in [0, 0.1) is 32.1 Å². The van der Waals surface area contributed by atoms with Gasteiger partial charge in [0, 0.05) is 23.1 Å². The van der Waals surface area contributed by atoms with Gasteiger partial charge in [-0.3, -0.25) is 0 Å². The molecular formula is C20H18ClF3N4O3S. The number of aromatic nitrogens is 2. The van der Waals surface area contributed by atoms with E-state index in [4.69, 9.17) is 11.6 Å². The van der Waals surface area contributed by atoms with E-state index < -0.39 is 21.4 Å². The number of fused-ring (bicyclic) bond motifs is 1. The minimum absolute atomic E-state index is 0.0756. The average Bonchev–Trinajstić information content (AvgIpc) is 2.99. The molecule has 3 rings (SSSR count). The molecule has 0 aliphatic carbocycles. The molecule has 2 N–H and O–H groups in total. The molecule has 170 valence electrons. The monoisotopic (exact) mass is 486 g/mol. The van der Waals surface area contributed by atoms with Crippen LogP contribution in [0.1, 0.15) is 28.1 Å². The van der Waals surface area contributed by atoms with Crippen LogP contribution in [0.25, 0.3) is 10.9 Å². The third-order valence-electron chi connectivity index (χ3n) is 4.86. The Bertz CT molecular complexity index is 1350. The van der Waals surface area contributed by atoms with Gasteiger partial charge in [-0.15, -0.1) is 13.2 Å². The Hall–Kier alpha value is -2.81. The molecule has 0 radical (unpaired) electrons. The Morgan fingerprint density at radius 3 is 2.59 bits per heavy atom. The number of rotatable bonds is 6. The Morgan fingerprint density at radius 2 is 1.97 bits per heavy atom. The van der Waals surface area contributed by atoms with Crippen molar-refractivity contribution in [2.45, 2.75) is 38.6 Å². The summed E-state index contributed by atoms with van der Waals surface area (Å²) < 4.78 is 69.6. The number of aromatic amines is 1. The van der Waals surface area contributed by atoms with Crippen molar-refractivity contribution in [3.8, 4) is 11.8 Å². The van der Waals surface area contributed by atoms with Crippen molar-refractivity contribution in [3.63, 3.8) is 0 Å².